The lowest BCUT2D eigenvalue weighted by molar-refractivity contribution is 0.0255. The number of carbonyl (C=O) groups excluding carboxylic acids is 1. The molecule has 7 heteroatoms. The van der Waals surface area contributed by atoms with Crippen LogP contribution < -0.4 is 16.0 Å². The van der Waals surface area contributed by atoms with E-state index in [1.165, 1.54) is 11.0 Å². The van der Waals surface area contributed by atoms with Gasteiger partial charge in [-0.25, -0.2) is 9.18 Å². The molecule has 154 valence electrons. The van der Waals surface area contributed by atoms with Crippen LogP contribution in [0.25, 0.3) is 0 Å². The number of anilines is 1. The first-order chi connectivity index (χ1) is 14.0. The molecule has 1 amide bonds. The molecule has 0 saturated carbocycles. The molecule has 2 heterocycles. The van der Waals surface area contributed by atoms with E-state index in [1.54, 1.807) is 12.1 Å². The Morgan fingerprint density at radius 2 is 2.03 bits per heavy atom. The standard InChI is InChI=1S/C22H26FN3O3/c1-14(15-5-3-2-4-6-15)21(24)20-13-26(22(27)29-20)16-7-8-17(18(23)11-16)19-12-25-9-10-28-19/h2-8,11,14,19-21,25H,9-10,12-13,24H2,1H3/t14-,19?,20?,21+/m0/s1. The van der Waals surface area contributed by atoms with Gasteiger partial charge in [-0.05, 0) is 23.6 Å². The van der Waals surface area contributed by atoms with Crippen LogP contribution in [0.2, 0.25) is 0 Å². The number of nitrogens with zero attached hydrogens (tertiary/aromatic N) is 1. The van der Waals surface area contributed by atoms with E-state index in [2.05, 4.69) is 5.32 Å². The zero-order valence-corrected chi connectivity index (χ0v) is 16.4. The maximum Gasteiger partial charge on any atom is 0.414 e. The first-order valence-corrected chi connectivity index (χ1v) is 9.95. The summed E-state index contributed by atoms with van der Waals surface area (Å²) < 4.78 is 25.9. The van der Waals surface area contributed by atoms with Crippen LogP contribution in [0.1, 0.15) is 30.1 Å². The Hall–Kier alpha value is -2.48. The Morgan fingerprint density at radius 1 is 1.24 bits per heavy atom. The third-order valence-electron chi connectivity index (χ3n) is 5.74. The van der Waals surface area contributed by atoms with Gasteiger partial charge in [0.2, 0.25) is 0 Å². The molecule has 2 unspecified atom stereocenters. The molecule has 4 rings (SSSR count). The molecule has 2 saturated heterocycles. The van der Waals surface area contributed by atoms with Gasteiger partial charge in [-0.2, -0.15) is 0 Å². The van der Waals surface area contributed by atoms with Crippen molar-refractivity contribution in [2.24, 2.45) is 5.73 Å². The van der Waals surface area contributed by atoms with Crippen LogP contribution in [-0.4, -0.2) is 44.5 Å². The topological polar surface area (TPSA) is 76.8 Å². The number of hydrogen-bond donors (Lipinski definition) is 2. The highest BCUT2D eigenvalue weighted by atomic mass is 19.1. The van der Waals surface area contributed by atoms with E-state index in [-0.39, 0.29) is 24.6 Å². The maximum absolute atomic E-state index is 14.7. The van der Waals surface area contributed by atoms with Crippen molar-refractivity contribution in [3.8, 4) is 0 Å². The van der Waals surface area contributed by atoms with E-state index in [4.69, 9.17) is 15.2 Å². The minimum Gasteiger partial charge on any atom is -0.442 e. The number of amides is 1. The molecular formula is C22H26FN3O3. The van der Waals surface area contributed by atoms with Crippen molar-refractivity contribution < 1.29 is 18.7 Å². The molecule has 0 aliphatic carbocycles. The molecule has 0 bridgehead atoms. The predicted molar refractivity (Wildman–Crippen MR) is 108 cm³/mol. The van der Waals surface area contributed by atoms with Gasteiger partial charge in [0.1, 0.15) is 11.9 Å². The Balaban J connectivity index is 1.47. The van der Waals surface area contributed by atoms with Crippen LogP contribution in [0, 0.1) is 5.82 Å². The van der Waals surface area contributed by atoms with Gasteiger partial charge in [0.15, 0.2) is 0 Å². The molecule has 0 radical (unpaired) electrons. The lowest BCUT2D eigenvalue weighted by Gasteiger charge is -2.25. The summed E-state index contributed by atoms with van der Waals surface area (Å²) >= 11 is 0. The monoisotopic (exact) mass is 399 g/mol. The average Bonchev–Trinajstić information content (AvgIpc) is 3.15. The molecule has 0 aromatic heterocycles. The second-order valence-electron chi connectivity index (χ2n) is 7.58. The lowest BCUT2D eigenvalue weighted by Crippen LogP contribution is -2.41. The third-order valence-corrected chi connectivity index (χ3v) is 5.74. The maximum atomic E-state index is 14.7. The van der Waals surface area contributed by atoms with E-state index in [9.17, 15) is 9.18 Å². The van der Waals surface area contributed by atoms with Crippen LogP contribution in [0.4, 0.5) is 14.9 Å². The predicted octanol–water partition coefficient (Wildman–Crippen LogP) is 2.94. The number of nitrogens with one attached hydrogen (secondary N) is 1. The van der Waals surface area contributed by atoms with Gasteiger partial charge in [-0.3, -0.25) is 4.90 Å². The van der Waals surface area contributed by atoms with Crippen molar-refractivity contribution >= 4 is 11.8 Å². The number of rotatable bonds is 5. The SMILES string of the molecule is C[C@@H](c1ccccc1)[C@@H](N)C1CN(c2ccc(C3CNCCO3)c(F)c2)C(=O)O1. The Kier molecular flexibility index (Phi) is 5.80. The molecule has 6 nitrogen and oxygen atoms in total. The van der Waals surface area contributed by atoms with E-state index in [0.717, 1.165) is 12.1 Å². The van der Waals surface area contributed by atoms with E-state index in [0.29, 0.717) is 24.4 Å². The first kappa shape index (κ1) is 19.8. The lowest BCUT2D eigenvalue weighted by atomic mass is 9.90. The highest BCUT2D eigenvalue weighted by Crippen LogP contribution is 2.30. The summed E-state index contributed by atoms with van der Waals surface area (Å²) in [5.74, 6) is -0.376. The first-order valence-electron chi connectivity index (χ1n) is 9.95. The fraction of sp³-hybridized carbons (Fsp3) is 0.409. The highest BCUT2D eigenvalue weighted by Gasteiger charge is 2.38. The number of benzene rings is 2. The average molecular weight is 399 g/mol. The summed E-state index contributed by atoms with van der Waals surface area (Å²) in [6.45, 7) is 4.18. The largest absolute Gasteiger partial charge is 0.442 e. The van der Waals surface area contributed by atoms with Crippen LogP contribution in [0.3, 0.4) is 0 Å². The molecule has 29 heavy (non-hydrogen) atoms. The smallest absolute Gasteiger partial charge is 0.414 e. The van der Waals surface area contributed by atoms with E-state index < -0.39 is 18.0 Å². The fourth-order valence-corrected chi connectivity index (χ4v) is 3.91. The molecule has 2 aromatic rings. The molecular weight excluding hydrogens is 373 g/mol. The minimum absolute atomic E-state index is 0.0176. The number of cyclic esters (lactones) is 1. The van der Waals surface area contributed by atoms with Gasteiger partial charge in [-0.1, -0.05) is 43.3 Å². The van der Waals surface area contributed by atoms with E-state index in [1.807, 2.05) is 37.3 Å². The summed E-state index contributed by atoms with van der Waals surface area (Å²) in [6.07, 6.45) is -1.30. The number of ether oxygens (including phenoxy) is 2. The number of hydrogen-bond acceptors (Lipinski definition) is 5. The number of morpholine rings is 1. The van der Waals surface area contributed by atoms with Crippen LogP contribution in [-0.2, 0) is 9.47 Å². The summed E-state index contributed by atoms with van der Waals surface area (Å²) in [6, 6.07) is 14.3. The molecule has 3 N–H and O–H groups in total. The van der Waals surface area contributed by atoms with Gasteiger partial charge < -0.3 is 20.5 Å². The van der Waals surface area contributed by atoms with Crippen molar-refractivity contribution in [3.63, 3.8) is 0 Å². The quantitative estimate of drug-likeness (QED) is 0.809. The number of halogens is 1. The van der Waals surface area contributed by atoms with Gasteiger partial charge in [0.05, 0.1) is 31.0 Å². The zero-order chi connectivity index (χ0) is 20.4. The molecule has 4 atom stereocenters. The van der Waals surface area contributed by atoms with Gasteiger partial charge >= 0.3 is 6.09 Å². The second kappa shape index (κ2) is 8.49. The van der Waals surface area contributed by atoms with Crippen molar-refractivity contribution in [3.05, 3.63) is 65.5 Å². The van der Waals surface area contributed by atoms with Crippen LogP contribution in [0.5, 0.6) is 0 Å². The van der Waals surface area contributed by atoms with Crippen molar-refractivity contribution in [2.75, 3.05) is 31.1 Å². The van der Waals surface area contributed by atoms with Crippen molar-refractivity contribution in [1.29, 1.82) is 0 Å². The van der Waals surface area contributed by atoms with Crippen molar-refractivity contribution in [2.45, 2.75) is 31.1 Å². The van der Waals surface area contributed by atoms with Crippen LogP contribution >= 0.6 is 0 Å². The molecule has 2 fully saturated rings. The summed E-state index contributed by atoms with van der Waals surface area (Å²) in [5, 5.41) is 3.19. The van der Waals surface area contributed by atoms with E-state index >= 15 is 0 Å². The Bertz CT molecular complexity index is 858. The van der Waals surface area contributed by atoms with Crippen LogP contribution in [0.15, 0.2) is 48.5 Å². The second-order valence-corrected chi connectivity index (χ2v) is 7.58. The van der Waals surface area contributed by atoms with Gasteiger partial charge in [0, 0.05) is 18.7 Å². The summed E-state index contributed by atoms with van der Waals surface area (Å²) in [5.41, 5.74) is 8.44. The summed E-state index contributed by atoms with van der Waals surface area (Å²) in [7, 11) is 0. The zero-order valence-electron chi connectivity index (χ0n) is 16.4. The van der Waals surface area contributed by atoms with Gasteiger partial charge in [0.25, 0.3) is 0 Å². The normalized spacial score (nSPS) is 24.2. The highest BCUT2D eigenvalue weighted by molar-refractivity contribution is 5.89. The Morgan fingerprint density at radius 3 is 2.72 bits per heavy atom. The molecule has 2 aliphatic rings. The molecule has 2 aromatic carbocycles. The van der Waals surface area contributed by atoms with Gasteiger partial charge in [-0.15, -0.1) is 0 Å². The molecule has 2 aliphatic heterocycles. The number of nitrogens with two attached hydrogens (primary N) is 1. The van der Waals surface area contributed by atoms with Crippen molar-refractivity contribution in [1.82, 2.24) is 5.32 Å². The Labute approximate surface area is 169 Å². The molecule has 0 spiro atoms. The minimum atomic E-state index is -0.506. The number of carbonyl (C=O) groups is 1. The summed E-state index contributed by atoms with van der Waals surface area (Å²) in [4.78, 5) is 13.9. The third kappa shape index (κ3) is 4.12. The fourth-order valence-electron chi connectivity index (χ4n) is 3.91.